The fourth-order valence-corrected chi connectivity index (χ4v) is 4.30. The van der Waals surface area contributed by atoms with Crippen LogP contribution in [0.4, 0.5) is 5.69 Å². The number of nitrogens with one attached hydrogen (secondary N) is 1. The second-order valence-electron chi connectivity index (χ2n) is 8.47. The van der Waals surface area contributed by atoms with Crippen LogP contribution in [0.1, 0.15) is 48.5 Å². The van der Waals surface area contributed by atoms with Gasteiger partial charge < -0.3 is 14.8 Å². The molecule has 1 fully saturated rings. The Balaban J connectivity index is 1.67. The van der Waals surface area contributed by atoms with Gasteiger partial charge in [-0.3, -0.25) is 14.5 Å². The zero-order valence-electron chi connectivity index (χ0n) is 18.7. The Labute approximate surface area is 192 Å². The van der Waals surface area contributed by atoms with E-state index in [-0.39, 0.29) is 16.9 Å². The third-order valence-corrected chi connectivity index (χ3v) is 5.98. The summed E-state index contributed by atoms with van der Waals surface area (Å²) in [6, 6.07) is 11.4. The van der Waals surface area contributed by atoms with Gasteiger partial charge in [-0.1, -0.05) is 31.9 Å². The number of amides is 1. The maximum atomic E-state index is 13.2. The maximum absolute atomic E-state index is 13.2. The van der Waals surface area contributed by atoms with Crippen molar-refractivity contribution in [2.45, 2.75) is 39.0 Å². The zero-order valence-corrected chi connectivity index (χ0v) is 18.7. The van der Waals surface area contributed by atoms with Crippen molar-refractivity contribution < 1.29 is 19.1 Å². The van der Waals surface area contributed by atoms with E-state index >= 15 is 0 Å². The summed E-state index contributed by atoms with van der Waals surface area (Å²) in [5.41, 5.74) is 2.21. The number of carboxylic acid groups (broad SMARTS) is 1. The summed E-state index contributed by atoms with van der Waals surface area (Å²) in [6.07, 6.45) is 4.75. The van der Waals surface area contributed by atoms with Crippen LogP contribution in [0.5, 0.6) is 0 Å². The molecule has 0 bridgehead atoms. The molecule has 3 aromatic rings. The highest BCUT2D eigenvalue weighted by Crippen LogP contribution is 2.28. The van der Waals surface area contributed by atoms with E-state index in [0.29, 0.717) is 46.5 Å². The van der Waals surface area contributed by atoms with Gasteiger partial charge in [0.05, 0.1) is 17.5 Å². The number of carbonyl (C=O) groups excluding carboxylic acids is 1. The Hall–Kier alpha value is -3.45. The number of carbonyl (C=O) groups is 2. The Morgan fingerprint density at radius 2 is 1.79 bits per heavy atom. The van der Waals surface area contributed by atoms with Crippen LogP contribution in [-0.4, -0.2) is 41.5 Å². The molecule has 0 atom stereocenters. The summed E-state index contributed by atoms with van der Waals surface area (Å²) >= 11 is 0. The molecule has 7 nitrogen and oxygen atoms in total. The quantitative estimate of drug-likeness (QED) is 0.551. The second-order valence-corrected chi connectivity index (χ2v) is 8.47. The summed E-state index contributed by atoms with van der Waals surface area (Å²) in [7, 11) is 0. The molecule has 0 unspecified atom stereocenters. The lowest BCUT2D eigenvalue weighted by Gasteiger charge is -2.25. The van der Waals surface area contributed by atoms with Crippen LogP contribution in [0.25, 0.3) is 22.3 Å². The lowest BCUT2D eigenvalue weighted by molar-refractivity contribution is -0.117. The minimum absolute atomic E-state index is 0.0920. The van der Waals surface area contributed by atoms with Crippen LogP contribution in [0.15, 0.2) is 51.7 Å². The SMILES string of the molecule is CCCc1c(-c2ccc(C(=O)O)cc2)oc2cc(NC(=O)CN3CCCCC3)ccc2c1=O. The van der Waals surface area contributed by atoms with Crippen molar-refractivity contribution in [1.82, 2.24) is 4.90 Å². The molecule has 0 saturated carbocycles. The van der Waals surface area contributed by atoms with Crippen molar-refractivity contribution >= 4 is 28.5 Å². The molecule has 1 saturated heterocycles. The van der Waals surface area contributed by atoms with E-state index in [2.05, 4.69) is 10.2 Å². The van der Waals surface area contributed by atoms with E-state index in [1.54, 1.807) is 30.3 Å². The smallest absolute Gasteiger partial charge is 0.335 e. The molecule has 1 amide bonds. The molecular formula is C26H28N2O5. The average Bonchev–Trinajstić information content (AvgIpc) is 2.81. The summed E-state index contributed by atoms with van der Waals surface area (Å²) in [5.74, 6) is -0.672. The molecular weight excluding hydrogens is 420 g/mol. The molecule has 2 aromatic carbocycles. The van der Waals surface area contributed by atoms with Crippen molar-refractivity contribution in [2.75, 3.05) is 25.0 Å². The molecule has 1 aliphatic heterocycles. The van der Waals surface area contributed by atoms with E-state index in [1.807, 2.05) is 6.92 Å². The lowest BCUT2D eigenvalue weighted by Crippen LogP contribution is -2.36. The normalized spacial score (nSPS) is 14.3. The van der Waals surface area contributed by atoms with Gasteiger partial charge in [-0.05, 0) is 56.6 Å². The topological polar surface area (TPSA) is 99.8 Å². The molecule has 7 heteroatoms. The Bertz CT molecular complexity index is 1220. The average molecular weight is 449 g/mol. The third kappa shape index (κ3) is 5.14. The van der Waals surface area contributed by atoms with Gasteiger partial charge in [0, 0.05) is 22.9 Å². The van der Waals surface area contributed by atoms with Crippen molar-refractivity contribution in [3.63, 3.8) is 0 Å². The van der Waals surface area contributed by atoms with E-state index in [9.17, 15) is 14.4 Å². The minimum atomic E-state index is -1.01. The number of rotatable bonds is 7. The molecule has 0 aliphatic carbocycles. The molecule has 33 heavy (non-hydrogen) atoms. The number of carboxylic acids is 1. The molecule has 1 aromatic heterocycles. The Morgan fingerprint density at radius 1 is 1.06 bits per heavy atom. The van der Waals surface area contributed by atoms with Gasteiger partial charge in [0.25, 0.3) is 0 Å². The van der Waals surface area contributed by atoms with Gasteiger partial charge in [-0.15, -0.1) is 0 Å². The molecule has 4 rings (SSSR count). The summed E-state index contributed by atoms with van der Waals surface area (Å²) in [5, 5.41) is 12.5. The van der Waals surface area contributed by atoms with Crippen LogP contribution < -0.4 is 10.7 Å². The first kappa shape index (κ1) is 22.7. The highest BCUT2D eigenvalue weighted by Gasteiger charge is 2.18. The first-order valence-electron chi connectivity index (χ1n) is 11.4. The summed E-state index contributed by atoms with van der Waals surface area (Å²) in [6.45, 7) is 4.20. The van der Waals surface area contributed by atoms with Crippen LogP contribution in [-0.2, 0) is 11.2 Å². The molecule has 172 valence electrons. The van der Waals surface area contributed by atoms with Crippen LogP contribution in [0.3, 0.4) is 0 Å². The number of piperidine rings is 1. The van der Waals surface area contributed by atoms with Crippen molar-refractivity contribution in [1.29, 1.82) is 0 Å². The predicted octanol–water partition coefficient (Wildman–Crippen LogP) is 4.54. The molecule has 2 N–H and O–H groups in total. The van der Waals surface area contributed by atoms with E-state index in [1.165, 1.54) is 18.6 Å². The predicted molar refractivity (Wildman–Crippen MR) is 128 cm³/mol. The Morgan fingerprint density at radius 3 is 2.45 bits per heavy atom. The Kier molecular flexibility index (Phi) is 6.89. The highest BCUT2D eigenvalue weighted by molar-refractivity contribution is 5.94. The summed E-state index contributed by atoms with van der Waals surface area (Å²) in [4.78, 5) is 39.1. The first-order chi connectivity index (χ1) is 16.0. The van der Waals surface area contributed by atoms with Gasteiger partial charge in [0.15, 0.2) is 5.43 Å². The van der Waals surface area contributed by atoms with Crippen LogP contribution in [0, 0.1) is 0 Å². The van der Waals surface area contributed by atoms with E-state index in [4.69, 9.17) is 9.52 Å². The van der Waals surface area contributed by atoms with Crippen molar-refractivity contribution in [3.05, 3.63) is 63.8 Å². The number of anilines is 1. The fraction of sp³-hybridized carbons (Fsp3) is 0.346. The third-order valence-electron chi connectivity index (χ3n) is 5.98. The van der Waals surface area contributed by atoms with E-state index in [0.717, 1.165) is 32.4 Å². The number of fused-ring (bicyclic) bond motifs is 1. The first-order valence-corrected chi connectivity index (χ1v) is 11.4. The van der Waals surface area contributed by atoms with Gasteiger partial charge in [0.1, 0.15) is 11.3 Å². The highest BCUT2D eigenvalue weighted by atomic mass is 16.4. The lowest BCUT2D eigenvalue weighted by atomic mass is 10.00. The van der Waals surface area contributed by atoms with Crippen LogP contribution in [0.2, 0.25) is 0 Å². The minimum Gasteiger partial charge on any atom is -0.478 e. The zero-order chi connectivity index (χ0) is 23.4. The molecule has 1 aliphatic rings. The number of nitrogens with zero attached hydrogens (tertiary/aromatic N) is 1. The summed E-state index contributed by atoms with van der Waals surface area (Å²) < 4.78 is 6.18. The van der Waals surface area contributed by atoms with Crippen molar-refractivity contribution in [2.24, 2.45) is 0 Å². The monoisotopic (exact) mass is 448 g/mol. The van der Waals surface area contributed by atoms with Crippen LogP contribution >= 0.6 is 0 Å². The van der Waals surface area contributed by atoms with Gasteiger partial charge in [0.2, 0.25) is 5.91 Å². The fourth-order valence-electron chi connectivity index (χ4n) is 4.30. The van der Waals surface area contributed by atoms with Gasteiger partial charge in [-0.2, -0.15) is 0 Å². The number of hydrogen-bond acceptors (Lipinski definition) is 5. The number of benzene rings is 2. The standard InChI is InChI=1S/C26H28N2O5/c1-2-6-21-24(30)20-12-11-19(27-23(29)16-28-13-4-3-5-14-28)15-22(20)33-25(21)17-7-9-18(10-8-17)26(31)32/h7-12,15H,2-6,13-14,16H2,1H3,(H,27,29)(H,31,32). The largest absolute Gasteiger partial charge is 0.478 e. The maximum Gasteiger partial charge on any atom is 0.335 e. The molecule has 0 spiro atoms. The second kappa shape index (κ2) is 10.0. The van der Waals surface area contributed by atoms with Gasteiger partial charge >= 0.3 is 5.97 Å². The number of hydrogen-bond donors (Lipinski definition) is 2. The van der Waals surface area contributed by atoms with Gasteiger partial charge in [-0.25, -0.2) is 4.79 Å². The number of aromatic carboxylic acids is 1. The molecule has 0 radical (unpaired) electrons. The molecule has 2 heterocycles. The van der Waals surface area contributed by atoms with E-state index < -0.39 is 5.97 Å². The van der Waals surface area contributed by atoms with Crippen molar-refractivity contribution in [3.8, 4) is 11.3 Å². The number of likely N-dealkylation sites (tertiary alicyclic amines) is 1.